The van der Waals surface area contributed by atoms with Crippen molar-refractivity contribution in [2.75, 3.05) is 11.8 Å². The Balaban J connectivity index is 1.68. The molecule has 1 atom stereocenters. The maximum atomic E-state index is 12.9. The number of anilines is 1. The van der Waals surface area contributed by atoms with E-state index < -0.39 is 14.6 Å². The molecule has 0 aliphatic carbocycles. The highest BCUT2D eigenvalue weighted by Crippen LogP contribution is 2.26. The fourth-order valence-electron chi connectivity index (χ4n) is 2.41. The van der Waals surface area contributed by atoms with Crippen LogP contribution in [0.2, 0.25) is 0 Å². The molecule has 0 aliphatic rings. The van der Waals surface area contributed by atoms with Gasteiger partial charge in [-0.05, 0) is 66.5 Å². The Bertz CT molecular complexity index is 1060. The van der Waals surface area contributed by atoms with Gasteiger partial charge < -0.3 is 14.2 Å². The number of benzene rings is 3. The highest BCUT2D eigenvalue weighted by Gasteiger charge is 2.09. The van der Waals surface area contributed by atoms with Crippen LogP contribution >= 0.6 is 0 Å². The SMILES string of the molecule is C=S(=O)(Nc1ccc(Oc2ccc([N+](=O)[O-])cc2)cc1)c1ccc(OC)cc1. The maximum absolute atomic E-state index is 12.9. The number of nitrogens with zero attached hydrogens (tertiary/aromatic N) is 1. The Morgan fingerprint density at radius 1 is 0.893 bits per heavy atom. The van der Waals surface area contributed by atoms with Crippen molar-refractivity contribution in [1.29, 1.82) is 0 Å². The van der Waals surface area contributed by atoms with Gasteiger partial charge in [-0.2, -0.15) is 0 Å². The topological polar surface area (TPSA) is 90.7 Å². The molecule has 0 spiro atoms. The predicted octanol–water partition coefficient (Wildman–Crippen LogP) is 4.50. The normalized spacial score (nSPS) is 12.6. The van der Waals surface area contributed by atoms with Gasteiger partial charge in [0.2, 0.25) is 0 Å². The van der Waals surface area contributed by atoms with Gasteiger partial charge in [-0.25, -0.2) is 4.21 Å². The average Bonchev–Trinajstić information content (AvgIpc) is 2.70. The molecule has 0 heterocycles. The van der Waals surface area contributed by atoms with E-state index in [1.807, 2.05) is 0 Å². The lowest BCUT2D eigenvalue weighted by Gasteiger charge is -2.14. The monoisotopic (exact) mass is 398 g/mol. The summed E-state index contributed by atoms with van der Waals surface area (Å²) in [6.07, 6.45) is 0. The number of nitrogens with one attached hydrogen (secondary N) is 1. The Hall–Kier alpha value is -3.52. The van der Waals surface area contributed by atoms with Crippen LogP contribution in [0.25, 0.3) is 0 Å². The van der Waals surface area contributed by atoms with E-state index >= 15 is 0 Å². The van der Waals surface area contributed by atoms with Crippen LogP contribution in [-0.2, 0) is 9.71 Å². The first-order chi connectivity index (χ1) is 13.4. The van der Waals surface area contributed by atoms with E-state index in [-0.39, 0.29) is 5.69 Å². The molecule has 8 heteroatoms. The summed E-state index contributed by atoms with van der Waals surface area (Å²) in [5, 5.41) is 10.7. The van der Waals surface area contributed by atoms with E-state index in [0.29, 0.717) is 27.8 Å². The van der Waals surface area contributed by atoms with E-state index in [1.54, 1.807) is 55.6 Å². The third kappa shape index (κ3) is 4.60. The van der Waals surface area contributed by atoms with Crippen molar-refractivity contribution in [3.8, 4) is 17.2 Å². The standard InChI is InChI=1S/C20H18N2O5S/c1-26-17-11-13-20(14-12-17)28(2,25)21-15-3-7-18(8-4-15)27-19-9-5-16(6-10-19)22(23)24/h3-14H,2H2,1H3,(H,21,25). The van der Waals surface area contributed by atoms with Crippen LogP contribution in [0.15, 0.2) is 77.7 Å². The minimum absolute atomic E-state index is 0.00404. The van der Waals surface area contributed by atoms with Gasteiger partial charge in [0.15, 0.2) is 0 Å². The van der Waals surface area contributed by atoms with Crippen LogP contribution in [0.5, 0.6) is 17.2 Å². The molecule has 0 saturated carbocycles. The van der Waals surface area contributed by atoms with Crippen molar-refractivity contribution in [1.82, 2.24) is 0 Å². The molecule has 0 radical (unpaired) electrons. The molecule has 3 aromatic carbocycles. The molecule has 0 fully saturated rings. The molecule has 1 N–H and O–H groups in total. The fraction of sp³-hybridized carbons (Fsp3) is 0.0500. The fourth-order valence-corrected chi connectivity index (χ4v) is 3.62. The van der Waals surface area contributed by atoms with E-state index in [4.69, 9.17) is 9.47 Å². The number of hydrogen-bond acceptors (Lipinski definition) is 5. The van der Waals surface area contributed by atoms with E-state index in [0.717, 1.165) is 0 Å². The Morgan fingerprint density at radius 3 is 1.89 bits per heavy atom. The quantitative estimate of drug-likeness (QED) is 0.359. The second-order valence-electron chi connectivity index (χ2n) is 5.83. The van der Waals surface area contributed by atoms with Crippen LogP contribution < -0.4 is 14.2 Å². The molecule has 144 valence electrons. The van der Waals surface area contributed by atoms with E-state index in [9.17, 15) is 14.3 Å². The summed E-state index contributed by atoms with van der Waals surface area (Å²) < 4.78 is 26.6. The van der Waals surface area contributed by atoms with E-state index in [2.05, 4.69) is 10.6 Å². The van der Waals surface area contributed by atoms with Gasteiger partial charge in [0.1, 0.15) is 17.2 Å². The first-order valence-corrected chi connectivity index (χ1v) is 9.91. The van der Waals surface area contributed by atoms with Crippen molar-refractivity contribution < 1.29 is 18.6 Å². The van der Waals surface area contributed by atoms with Gasteiger partial charge in [-0.3, -0.25) is 10.1 Å². The lowest BCUT2D eigenvalue weighted by molar-refractivity contribution is -0.384. The summed E-state index contributed by atoms with van der Waals surface area (Å²) >= 11 is 0. The summed E-state index contributed by atoms with van der Waals surface area (Å²) in [6.45, 7) is 0. The first kappa shape index (κ1) is 19.2. The smallest absolute Gasteiger partial charge is 0.269 e. The summed E-state index contributed by atoms with van der Waals surface area (Å²) in [5.74, 6) is 5.48. The second kappa shape index (κ2) is 8.01. The molecule has 0 amide bonds. The van der Waals surface area contributed by atoms with Crippen molar-refractivity contribution in [2.24, 2.45) is 0 Å². The van der Waals surface area contributed by atoms with Crippen molar-refractivity contribution in [3.05, 3.63) is 82.9 Å². The zero-order valence-corrected chi connectivity index (χ0v) is 15.8. The zero-order valence-electron chi connectivity index (χ0n) is 15.0. The number of nitro benzene ring substituents is 1. The highest BCUT2D eigenvalue weighted by atomic mass is 32.2. The third-order valence-electron chi connectivity index (χ3n) is 3.86. The van der Waals surface area contributed by atoms with Crippen LogP contribution in [0.1, 0.15) is 0 Å². The molecule has 28 heavy (non-hydrogen) atoms. The third-order valence-corrected chi connectivity index (χ3v) is 5.46. The summed E-state index contributed by atoms with van der Waals surface area (Å²) in [6, 6.07) is 19.5. The number of nitro groups is 1. The molecular formula is C20H18N2O5S. The van der Waals surface area contributed by atoms with Gasteiger partial charge in [-0.1, -0.05) is 0 Å². The van der Waals surface area contributed by atoms with Crippen LogP contribution in [0.3, 0.4) is 0 Å². The Morgan fingerprint density at radius 2 is 1.39 bits per heavy atom. The van der Waals surface area contributed by atoms with Crippen molar-refractivity contribution >= 4 is 27.0 Å². The van der Waals surface area contributed by atoms with Crippen LogP contribution in [-0.4, -0.2) is 22.1 Å². The Labute approximate surface area is 162 Å². The minimum atomic E-state index is -2.73. The Kier molecular flexibility index (Phi) is 5.51. The molecule has 0 aliphatic heterocycles. The molecular weight excluding hydrogens is 380 g/mol. The van der Waals surface area contributed by atoms with E-state index in [1.165, 1.54) is 24.3 Å². The van der Waals surface area contributed by atoms with Gasteiger partial charge in [0.05, 0.1) is 21.7 Å². The molecule has 3 aromatic rings. The average molecular weight is 398 g/mol. The molecule has 0 bridgehead atoms. The lowest BCUT2D eigenvalue weighted by Crippen LogP contribution is -2.12. The molecule has 0 aromatic heterocycles. The molecule has 1 unspecified atom stereocenters. The van der Waals surface area contributed by atoms with Crippen LogP contribution in [0, 0.1) is 10.1 Å². The number of methoxy groups -OCH3 is 1. The number of rotatable bonds is 7. The minimum Gasteiger partial charge on any atom is -0.497 e. The molecule has 3 rings (SSSR count). The predicted molar refractivity (Wildman–Crippen MR) is 110 cm³/mol. The largest absolute Gasteiger partial charge is 0.497 e. The van der Waals surface area contributed by atoms with Crippen molar-refractivity contribution in [3.63, 3.8) is 0 Å². The number of non-ortho nitro benzene ring substituents is 1. The highest BCUT2D eigenvalue weighted by molar-refractivity contribution is 8.01. The van der Waals surface area contributed by atoms with Gasteiger partial charge >= 0.3 is 0 Å². The lowest BCUT2D eigenvalue weighted by atomic mass is 10.3. The number of hydrogen-bond donors (Lipinski definition) is 1. The van der Waals surface area contributed by atoms with Crippen LogP contribution in [0.4, 0.5) is 11.4 Å². The first-order valence-electron chi connectivity index (χ1n) is 8.19. The van der Waals surface area contributed by atoms with Gasteiger partial charge in [0.25, 0.3) is 5.69 Å². The van der Waals surface area contributed by atoms with Gasteiger partial charge in [0, 0.05) is 22.7 Å². The van der Waals surface area contributed by atoms with Gasteiger partial charge in [-0.15, -0.1) is 0 Å². The number of ether oxygens (including phenoxy) is 2. The molecule has 0 saturated heterocycles. The summed E-state index contributed by atoms with van der Waals surface area (Å²) in [7, 11) is -1.17. The second-order valence-corrected chi connectivity index (χ2v) is 7.86. The zero-order chi connectivity index (χ0) is 20.1. The maximum Gasteiger partial charge on any atom is 0.269 e. The van der Waals surface area contributed by atoms with Crippen molar-refractivity contribution in [2.45, 2.75) is 4.90 Å². The summed E-state index contributed by atoms with van der Waals surface area (Å²) in [5.41, 5.74) is 0.613. The molecule has 7 nitrogen and oxygen atoms in total. The summed E-state index contributed by atoms with van der Waals surface area (Å²) in [4.78, 5) is 10.8.